The summed E-state index contributed by atoms with van der Waals surface area (Å²) in [6.07, 6.45) is 0. The van der Waals surface area contributed by atoms with Crippen molar-refractivity contribution in [3.8, 4) is 11.5 Å². The minimum Gasteiger partial charge on any atom is -0.418 e. The third kappa shape index (κ3) is 3.64. The lowest BCUT2D eigenvalue weighted by molar-refractivity contribution is -0.0242. The number of hydrogen-bond acceptors (Lipinski definition) is 4. The van der Waals surface area contributed by atoms with E-state index in [1.165, 1.54) is 0 Å². The van der Waals surface area contributed by atoms with Crippen LogP contribution in [0.3, 0.4) is 0 Å². The van der Waals surface area contributed by atoms with E-state index in [2.05, 4.69) is 26.1 Å². The molecule has 0 atom stereocenters. The lowest BCUT2D eigenvalue weighted by atomic mass is 10.1. The number of aromatic nitrogens is 2. The average molecular weight is 325 g/mol. The first-order valence-corrected chi connectivity index (χ1v) is 6.88. The number of nitrogens with zero attached hydrogens (tertiary/aromatic N) is 2. The predicted octanol–water partition coefficient (Wildman–Crippen LogP) is 4.12. The van der Waals surface area contributed by atoms with Gasteiger partial charge in [-0.05, 0) is 45.4 Å². The molecule has 0 saturated heterocycles. The Morgan fingerprint density at radius 3 is 2.68 bits per heavy atom. The van der Waals surface area contributed by atoms with Gasteiger partial charge in [-0.25, -0.2) is 0 Å². The zero-order chi connectivity index (χ0) is 14.0. The first-order chi connectivity index (χ1) is 8.87. The van der Waals surface area contributed by atoms with E-state index in [1.807, 2.05) is 45.9 Å². The van der Waals surface area contributed by atoms with Crippen LogP contribution >= 0.6 is 15.9 Å². The van der Waals surface area contributed by atoms with Crippen molar-refractivity contribution in [2.45, 2.75) is 39.9 Å². The van der Waals surface area contributed by atoms with Gasteiger partial charge in [0.1, 0.15) is 6.61 Å². The summed E-state index contributed by atoms with van der Waals surface area (Å²) in [6.45, 7) is 8.30. The molecule has 2 rings (SSSR count). The second kappa shape index (κ2) is 5.43. The number of benzene rings is 1. The molecule has 0 amide bonds. The fourth-order valence-corrected chi connectivity index (χ4v) is 1.90. The summed E-state index contributed by atoms with van der Waals surface area (Å²) >= 11 is 3.49. The van der Waals surface area contributed by atoms with E-state index < -0.39 is 0 Å². The lowest BCUT2D eigenvalue weighted by Crippen LogP contribution is -2.18. The number of halogens is 1. The van der Waals surface area contributed by atoms with Crippen LogP contribution in [0.2, 0.25) is 0 Å². The van der Waals surface area contributed by atoms with E-state index in [-0.39, 0.29) is 5.60 Å². The van der Waals surface area contributed by atoms with E-state index in [9.17, 15) is 0 Å². The van der Waals surface area contributed by atoms with Crippen molar-refractivity contribution < 1.29 is 9.15 Å². The molecule has 0 radical (unpaired) electrons. The first-order valence-electron chi connectivity index (χ1n) is 6.08. The molecule has 1 heterocycles. The maximum absolute atomic E-state index is 5.63. The van der Waals surface area contributed by atoms with Crippen LogP contribution in [0, 0.1) is 6.92 Å². The normalized spacial score (nSPS) is 11.8. The van der Waals surface area contributed by atoms with E-state index in [0.29, 0.717) is 18.4 Å². The van der Waals surface area contributed by atoms with E-state index in [4.69, 9.17) is 9.15 Å². The molecule has 4 nitrogen and oxygen atoms in total. The maximum Gasteiger partial charge on any atom is 0.248 e. The highest BCUT2D eigenvalue weighted by Gasteiger charge is 2.15. The molecule has 1 aromatic carbocycles. The van der Waals surface area contributed by atoms with Crippen molar-refractivity contribution in [3.05, 3.63) is 34.1 Å². The van der Waals surface area contributed by atoms with Gasteiger partial charge in [0.25, 0.3) is 0 Å². The van der Waals surface area contributed by atoms with Crippen LogP contribution in [-0.2, 0) is 11.3 Å². The summed E-state index contributed by atoms with van der Waals surface area (Å²) in [4.78, 5) is 0. The molecule has 0 saturated carbocycles. The summed E-state index contributed by atoms with van der Waals surface area (Å²) in [5.41, 5.74) is 1.79. The molecule has 5 heteroatoms. The van der Waals surface area contributed by atoms with Crippen molar-refractivity contribution in [2.75, 3.05) is 0 Å². The van der Waals surface area contributed by atoms with Gasteiger partial charge in [-0.15, -0.1) is 10.2 Å². The third-order valence-corrected chi connectivity index (χ3v) is 3.45. The maximum atomic E-state index is 5.63. The Kier molecular flexibility index (Phi) is 4.06. The number of hydrogen-bond donors (Lipinski definition) is 0. The van der Waals surface area contributed by atoms with Gasteiger partial charge in [-0.3, -0.25) is 0 Å². The van der Waals surface area contributed by atoms with Crippen LogP contribution < -0.4 is 0 Å². The molecule has 0 N–H and O–H groups in total. The van der Waals surface area contributed by atoms with Crippen LogP contribution in [0.4, 0.5) is 0 Å². The lowest BCUT2D eigenvalue weighted by Gasteiger charge is -2.17. The molecule has 0 aliphatic rings. The van der Waals surface area contributed by atoms with Gasteiger partial charge in [-0.2, -0.15) is 0 Å². The van der Waals surface area contributed by atoms with Gasteiger partial charge < -0.3 is 9.15 Å². The molecule has 0 unspecified atom stereocenters. The second-order valence-corrected chi connectivity index (χ2v) is 6.17. The molecular formula is C14H17BrN2O2. The van der Waals surface area contributed by atoms with Gasteiger partial charge in [0.15, 0.2) is 0 Å². The second-order valence-electron chi connectivity index (χ2n) is 5.31. The van der Waals surface area contributed by atoms with E-state index in [0.717, 1.165) is 15.6 Å². The van der Waals surface area contributed by atoms with Gasteiger partial charge >= 0.3 is 0 Å². The highest BCUT2D eigenvalue weighted by atomic mass is 79.9. The zero-order valence-corrected chi connectivity index (χ0v) is 13.1. The SMILES string of the molecule is Cc1c(Br)cccc1-c1nnc(COC(C)(C)C)o1. The summed E-state index contributed by atoms with van der Waals surface area (Å²) in [7, 11) is 0. The van der Waals surface area contributed by atoms with Gasteiger partial charge in [-0.1, -0.05) is 22.0 Å². The summed E-state index contributed by atoms with van der Waals surface area (Å²) in [6, 6.07) is 5.89. The minimum atomic E-state index is -0.222. The Bertz CT molecular complexity index is 573. The predicted molar refractivity (Wildman–Crippen MR) is 76.7 cm³/mol. The van der Waals surface area contributed by atoms with Gasteiger partial charge in [0, 0.05) is 10.0 Å². The van der Waals surface area contributed by atoms with Crippen molar-refractivity contribution in [1.29, 1.82) is 0 Å². The zero-order valence-electron chi connectivity index (χ0n) is 11.5. The van der Waals surface area contributed by atoms with Crippen molar-refractivity contribution in [2.24, 2.45) is 0 Å². The Morgan fingerprint density at radius 1 is 1.26 bits per heavy atom. The van der Waals surface area contributed by atoms with Crippen molar-refractivity contribution in [3.63, 3.8) is 0 Å². The topological polar surface area (TPSA) is 48.2 Å². The monoisotopic (exact) mass is 324 g/mol. The number of ether oxygens (including phenoxy) is 1. The highest BCUT2D eigenvalue weighted by Crippen LogP contribution is 2.27. The van der Waals surface area contributed by atoms with Crippen molar-refractivity contribution in [1.82, 2.24) is 10.2 Å². The van der Waals surface area contributed by atoms with Gasteiger partial charge in [0.2, 0.25) is 11.8 Å². The average Bonchev–Trinajstić information content (AvgIpc) is 2.78. The summed E-state index contributed by atoms with van der Waals surface area (Å²) < 4.78 is 12.3. The van der Waals surface area contributed by atoms with E-state index >= 15 is 0 Å². The summed E-state index contributed by atoms with van der Waals surface area (Å²) in [5.74, 6) is 1.01. The third-order valence-electron chi connectivity index (χ3n) is 2.59. The fraction of sp³-hybridized carbons (Fsp3) is 0.429. The first kappa shape index (κ1) is 14.2. The van der Waals surface area contributed by atoms with Crippen LogP contribution in [-0.4, -0.2) is 15.8 Å². The summed E-state index contributed by atoms with van der Waals surface area (Å²) in [5, 5.41) is 8.08. The minimum absolute atomic E-state index is 0.222. The van der Waals surface area contributed by atoms with Crippen LogP contribution in [0.1, 0.15) is 32.2 Å². The highest BCUT2D eigenvalue weighted by molar-refractivity contribution is 9.10. The molecule has 19 heavy (non-hydrogen) atoms. The Labute approximate surface area is 121 Å². The van der Waals surface area contributed by atoms with Crippen LogP contribution in [0.5, 0.6) is 0 Å². The molecule has 1 aromatic heterocycles. The van der Waals surface area contributed by atoms with Crippen molar-refractivity contribution >= 4 is 15.9 Å². The fourth-order valence-electron chi connectivity index (χ4n) is 1.54. The molecule has 0 bridgehead atoms. The molecule has 0 aliphatic heterocycles. The smallest absolute Gasteiger partial charge is 0.248 e. The largest absolute Gasteiger partial charge is 0.418 e. The van der Waals surface area contributed by atoms with Crippen LogP contribution in [0.15, 0.2) is 27.1 Å². The standard InChI is InChI=1S/C14H17BrN2O2/c1-9-10(6-5-7-11(9)15)13-17-16-12(19-13)8-18-14(2,3)4/h5-7H,8H2,1-4H3. The van der Waals surface area contributed by atoms with Crippen LogP contribution in [0.25, 0.3) is 11.5 Å². The Morgan fingerprint density at radius 2 is 2.00 bits per heavy atom. The number of rotatable bonds is 3. The quantitative estimate of drug-likeness (QED) is 0.851. The Hall–Kier alpha value is -1.20. The molecule has 0 spiro atoms. The Balaban J connectivity index is 2.19. The van der Waals surface area contributed by atoms with Gasteiger partial charge in [0.05, 0.1) is 5.60 Å². The molecule has 102 valence electrons. The molecular weight excluding hydrogens is 308 g/mol. The molecule has 0 aliphatic carbocycles. The van der Waals surface area contributed by atoms with E-state index in [1.54, 1.807) is 0 Å². The molecule has 0 fully saturated rings. The molecule has 2 aromatic rings.